The van der Waals surface area contributed by atoms with Gasteiger partial charge in [0.2, 0.25) is 17.3 Å². The van der Waals surface area contributed by atoms with Gasteiger partial charge in [0.05, 0.1) is 0 Å². The molecule has 0 unspecified atom stereocenters. The maximum atomic E-state index is 11.9. The number of halogens is 12. The number of aliphatic hydroxyl groups excluding tert-OH is 3. The Hall–Kier alpha value is -3.95. The van der Waals surface area contributed by atoms with Crippen molar-refractivity contribution in [3.8, 4) is 0 Å². The number of carbonyl (C=O) groups is 3. The van der Waals surface area contributed by atoms with Crippen molar-refractivity contribution in [2.75, 3.05) is 0 Å². The van der Waals surface area contributed by atoms with Crippen molar-refractivity contribution in [1.29, 1.82) is 0 Å². The van der Waals surface area contributed by atoms with Gasteiger partial charge < -0.3 is 15.3 Å². The van der Waals surface area contributed by atoms with E-state index in [1.807, 2.05) is 0 Å². The van der Waals surface area contributed by atoms with Crippen molar-refractivity contribution >= 4 is 52.2 Å². The summed E-state index contributed by atoms with van der Waals surface area (Å²) in [6.45, 7) is 0. The van der Waals surface area contributed by atoms with Gasteiger partial charge in [0.15, 0.2) is 17.3 Å². The van der Waals surface area contributed by atoms with Crippen LogP contribution in [-0.4, -0.2) is 51.2 Å². The van der Waals surface area contributed by atoms with E-state index in [-0.39, 0.29) is 52.0 Å². The first-order valence-corrected chi connectivity index (χ1v) is 13.4. The third-order valence-electron chi connectivity index (χ3n) is 5.06. The predicted octanol–water partition coefficient (Wildman–Crippen LogP) is 10.6. The van der Waals surface area contributed by atoms with Crippen molar-refractivity contribution in [3.05, 3.63) is 140 Å². The van der Waals surface area contributed by atoms with Gasteiger partial charge in [-0.1, -0.05) is 34.8 Å². The van der Waals surface area contributed by atoms with Crippen molar-refractivity contribution in [3.63, 3.8) is 0 Å². The van der Waals surface area contributed by atoms with E-state index >= 15 is 0 Å². The Balaban J connectivity index is 0.000000698. The largest absolute Gasteiger partial charge is 0.504 e. The van der Waals surface area contributed by atoms with Gasteiger partial charge in [0.1, 0.15) is 0 Å². The molecule has 0 aromatic heterocycles. The smallest absolute Gasteiger partial charge is 0.448 e. The fourth-order valence-corrected chi connectivity index (χ4v) is 3.09. The van der Waals surface area contributed by atoms with Crippen LogP contribution in [0.4, 0.5) is 39.5 Å². The third-order valence-corrected chi connectivity index (χ3v) is 5.82. The Kier molecular flexibility index (Phi) is 17.7. The monoisotopic (exact) mass is 806 g/mol. The van der Waals surface area contributed by atoms with Crippen LogP contribution >= 0.6 is 34.8 Å². The van der Waals surface area contributed by atoms with Gasteiger partial charge in [-0.15, -0.1) is 0 Å². The molecule has 3 aromatic carbocycles. The number of allylic oxidation sites excluding steroid dienone is 6. The minimum atomic E-state index is -4.91. The number of alkyl halides is 9. The molecule has 3 aromatic rings. The molecule has 0 radical (unpaired) electrons. The summed E-state index contributed by atoms with van der Waals surface area (Å²) >= 11 is 16.6. The van der Waals surface area contributed by atoms with E-state index in [0.717, 1.165) is 0 Å². The molecule has 0 amide bonds. The maximum absolute atomic E-state index is 11.9. The van der Waals surface area contributed by atoms with Gasteiger partial charge in [-0.25, -0.2) is 0 Å². The maximum Gasteiger partial charge on any atom is 0.448 e. The first-order valence-electron chi connectivity index (χ1n) is 12.2. The van der Waals surface area contributed by atoms with Gasteiger partial charge in [-0.3, -0.25) is 14.4 Å². The molecule has 3 rings (SSSR count). The summed E-state index contributed by atoms with van der Waals surface area (Å²) in [5, 5.41) is 26.8. The molecule has 266 valence electrons. The fourth-order valence-electron chi connectivity index (χ4n) is 2.71. The summed E-state index contributed by atoms with van der Waals surface area (Å²) in [5.41, 5.74) is 0.0422. The Morgan fingerprint density at radius 2 is 0.592 bits per heavy atom. The molecule has 0 bridgehead atoms. The molecule has 19 heteroatoms. The molecule has 49 heavy (non-hydrogen) atoms. The van der Waals surface area contributed by atoms with Gasteiger partial charge in [0, 0.05) is 67.1 Å². The number of benzene rings is 3. The zero-order valence-corrected chi connectivity index (χ0v) is 27.0. The van der Waals surface area contributed by atoms with E-state index < -0.39 is 53.2 Å². The van der Waals surface area contributed by atoms with Crippen LogP contribution in [0.5, 0.6) is 0 Å². The van der Waals surface area contributed by atoms with Crippen molar-refractivity contribution in [1.82, 2.24) is 0 Å². The molecule has 6 nitrogen and oxygen atoms in total. The number of hydrogen-bond acceptors (Lipinski definition) is 6. The molecule has 0 fully saturated rings. The van der Waals surface area contributed by atoms with E-state index in [0.29, 0.717) is 15.1 Å². The summed E-state index contributed by atoms with van der Waals surface area (Å²) in [7, 11) is 0. The van der Waals surface area contributed by atoms with Gasteiger partial charge >= 0.3 is 18.5 Å². The first kappa shape index (κ1) is 45.0. The van der Waals surface area contributed by atoms with Crippen molar-refractivity contribution in [2.24, 2.45) is 0 Å². The first-order chi connectivity index (χ1) is 21.9. The Labute approximate surface area is 296 Å². The molecule has 0 heterocycles. The molecule has 0 aliphatic carbocycles. The van der Waals surface area contributed by atoms with Crippen LogP contribution in [0.3, 0.4) is 0 Å². The van der Waals surface area contributed by atoms with Gasteiger partial charge in [0.25, 0.3) is 0 Å². The number of carbonyl (C=O) groups excluding carboxylic acids is 3. The molecule has 0 spiro atoms. The summed E-state index contributed by atoms with van der Waals surface area (Å²) < 4.78 is 107. The number of rotatable bonds is 6. The molecule has 0 saturated heterocycles. The van der Waals surface area contributed by atoms with E-state index in [1.54, 1.807) is 0 Å². The minimum Gasteiger partial charge on any atom is -0.504 e. The normalized spacial score (nSPS) is 12.4. The average molecular weight is 808 g/mol. The zero-order valence-electron chi connectivity index (χ0n) is 23.6. The van der Waals surface area contributed by atoms with E-state index in [4.69, 9.17) is 50.1 Å². The summed E-state index contributed by atoms with van der Waals surface area (Å²) in [5.74, 6) is -8.59. The van der Waals surface area contributed by atoms with Crippen LogP contribution in [0.2, 0.25) is 15.1 Å². The molecule has 3 N–H and O–H groups in total. The standard InChI is InChI=1S/3C10H6ClF3O2.Fe/c3*11-7-3-1-6(2-4-7)8(15)5-9(16)10(12,13)14;/h3*1-5,16H;/b3*9-5-;. The van der Waals surface area contributed by atoms with E-state index in [9.17, 15) is 53.9 Å². The molecule has 0 aliphatic rings. The van der Waals surface area contributed by atoms with Crippen LogP contribution in [0.15, 0.2) is 108 Å². The topological polar surface area (TPSA) is 112 Å². The summed E-state index contributed by atoms with van der Waals surface area (Å²) in [6, 6.07) is 15.8. The Morgan fingerprint density at radius 1 is 0.429 bits per heavy atom. The third kappa shape index (κ3) is 16.8. The molecule has 0 atom stereocenters. The fraction of sp³-hybridized carbons (Fsp3) is 0.100. The van der Waals surface area contributed by atoms with Crippen LogP contribution in [-0.2, 0) is 17.1 Å². The quantitative estimate of drug-likeness (QED) is 0.0752. The van der Waals surface area contributed by atoms with Crippen LogP contribution in [0.1, 0.15) is 31.1 Å². The van der Waals surface area contributed by atoms with Crippen LogP contribution in [0.25, 0.3) is 0 Å². The second-order valence-corrected chi connectivity index (χ2v) is 10.0. The van der Waals surface area contributed by atoms with Gasteiger partial charge in [-0.05, 0) is 72.8 Å². The molecule has 0 saturated carbocycles. The van der Waals surface area contributed by atoms with Crippen LogP contribution < -0.4 is 0 Å². The van der Waals surface area contributed by atoms with Crippen LogP contribution in [0, 0.1) is 0 Å². The van der Waals surface area contributed by atoms with E-state index in [1.165, 1.54) is 72.8 Å². The SMILES string of the molecule is O=C(/C=C(\O)C(F)(F)F)c1ccc(Cl)cc1.O=C(/C=C(\O)C(F)(F)F)c1ccc(Cl)cc1.O=C(/C=C(\O)C(F)(F)F)c1ccc(Cl)cc1.[Fe]. The predicted molar refractivity (Wildman–Crippen MR) is 158 cm³/mol. The molecular weight excluding hydrogens is 790 g/mol. The second kappa shape index (κ2) is 19.3. The Morgan fingerprint density at radius 3 is 0.735 bits per heavy atom. The minimum absolute atomic E-state index is 0. The zero-order chi connectivity index (χ0) is 37.0. The van der Waals surface area contributed by atoms with Crippen molar-refractivity contribution in [2.45, 2.75) is 18.5 Å². The molecular formula is C30H18Cl3F9FeO6. The summed E-state index contributed by atoms with van der Waals surface area (Å²) in [4.78, 5) is 33.7. The Bertz CT molecular complexity index is 1470. The molecule has 0 aliphatic heterocycles. The van der Waals surface area contributed by atoms with Crippen molar-refractivity contribution < 1.29 is 86.3 Å². The second-order valence-electron chi connectivity index (χ2n) is 8.70. The van der Waals surface area contributed by atoms with Gasteiger partial charge in [-0.2, -0.15) is 39.5 Å². The number of hydrogen-bond donors (Lipinski definition) is 3. The number of aliphatic hydroxyl groups is 3. The number of ketones is 3. The average Bonchev–Trinajstić information content (AvgIpc) is 2.97. The van der Waals surface area contributed by atoms with E-state index in [2.05, 4.69) is 0 Å². The summed E-state index contributed by atoms with van der Waals surface area (Å²) in [6.07, 6.45) is -14.4.